The third kappa shape index (κ3) is 6.41. The summed E-state index contributed by atoms with van der Waals surface area (Å²) >= 11 is 0. The molecule has 42 heavy (non-hydrogen) atoms. The number of allylic oxidation sites excluding steroid dienone is 3. The first-order valence-corrected chi connectivity index (χ1v) is 14.7. The number of rotatable bonds is 7. The van der Waals surface area contributed by atoms with Crippen LogP contribution in [0.25, 0.3) is 11.1 Å². The second-order valence-electron chi connectivity index (χ2n) is 11.7. The number of esters is 1. The molecule has 0 radical (unpaired) electrons. The summed E-state index contributed by atoms with van der Waals surface area (Å²) in [5.74, 6) is -0.295. The maximum absolute atomic E-state index is 12.0. The van der Waals surface area contributed by atoms with Gasteiger partial charge in [-0.3, -0.25) is 4.99 Å². The Kier molecular flexibility index (Phi) is 8.77. The van der Waals surface area contributed by atoms with Crippen molar-refractivity contribution < 1.29 is 9.53 Å². The minimum Gasteiger partial charge on any atom is -0.459 e. The molecule has 5 heteroatoms. The lowest BCUT2D eigenvalue weighted by Crippen LogP contribution is -2.27. The second-order valence-corrected chi connectivity index (χ2v) is 11.7. The number of hydrogen-bond donors (Lipinski definition) is 0. The van der Waals surface area contributed by atoms with Crippen LogP contribution in [0.2, 0.25) is 0 Å². The van der Waals surface area contributed by atoms with Crippen molar-refractivity contribution in [3.8, 4) is 0 Å². The van der Waals surface area contributed by atoms with Crippen molar-refractivity contribution >= 4 is 34.2 Å². The number of hydrogen-bond acceptors (Lipinski definition) is 5. The molecule has 0 N–H and O–H groups in total. The van der Waals surface area contributed by atoms with Gasteiger partial charge in [0.25, 0.3) is 0 Å². The van der Waals surface area contributed by atoms with E-state index >= 15 is 0 Å². The molecule has 0 spiro atoms. The minimum atomic E-state index is -0.295. The molecule has 0 bridgehead atoms. The van der Waals surface area contributed by atoms with E-state index in [2.05, 4.69) is 130 Å². The summed E-state index contributed by atoms with van der Waals surface area (Å²) in [5.41, 5.74) is 10.9. The van der Waals surface area contributed by atoms with Crippen molar-refractivity contribution in [2.45, 2.75) is 44.8 Å². The zero-order valence-corrected chi connectivity index (χ0v) is 25.4. The van der Waals surface area contributed by atoms with Gasteiger partial charge in [-0.15, -0.1) is 0 Å². The van der Waals surface area contributed by atoms with Gasteiger partial charge in [0.05, 0.1) is 11.8 Å². The molecule has 3 aromatic rings. The summed E-state index contributed by atoms with van der Waals surface area (Å²) in [7, 11) is 8.26. The normalized spacial score (nSPS) is 18.8. The Morgan fingerprint density at radius 3 is 1.79 bits per heavy atom. The number of aliphatic imine (C=N–C) groups is 1. The predicted molar refractivity (Wildman–Crippen MR) is 177 cm³/mol. The van der Waals surface area contributed by atoms with E-state index in [1.807, 2.05) is 0 Å². The Balaban J connectivity index is 1.52. The summed E-state index contributed by atoms with van der Waals surface area (Å²) in [6.07, 6.45) is 7.81. The van der Waals surface area contributed by atoms with Gasteiger partial charge in [-0.05, 0) is 90.8 Å². The van der Waals surface area contributed by atoms with Crippen LogP contribution in [0.1, 0.15) is 54.9 Å². The Morgan fingerprint density at radius 1 is 0.762 bits per heavy atom. The van der Waals surface area contributed by atoms with E-state index in [0.717, 1.165) is 37.0 Å². The Bertz CT molecular complexity index is 1480. The van der Waals surface area contributed by atoms with Crippen molar-refractivity contribution in [2.24, 2.45) is 4.99 Å². The number of carbonyl (C=O) groups is 1. The zero-order valence-electron chi connectivity index (χ0n) is 25.4. The molecule has 0 heterocycles. The highest BCUT2D eigenvalue weighted by Gasteiger charge is 2.26. The highest BCUT2D eigenvalue weighted by molar-refractivity contribution is 6.19. The highest BCUT2D eigenvalue weighted by atomic mass is 16.5. The summed E-state index contributed by atoms with van der Waals surface area (Å²) in [6, 6.07) is 26.4. The van der Waals surface area contributed by atoms with Gasteiger partial charge in [0.15, 0.2) is 0 Å². The van der Waals surface area contributed by atoms with Gasteiger partial charge in [-0.25, -0.2) is 4.79 Å². The van der Waals surface area contributed by atoms with Gasteiger partial charge >= 0.3 is 5.97 Å². The fraction of sp³-hybridized carbons (Fsp3) is 0.297. The summed E-state index contributed by atoms with van der Waals surface area (Å²) < 4.78 is 5.60. The molecule has 3 aromatic carbocycles. The van der Waals surface area contributed by atoms with Gasteiger partial charge < -0.3 is 14.5 Å². The fourth-order valence-corrected chi connectivity index (χ4v) is 5.68. The van der Waals surface area contributed by atoms with Crippen LogP contribution in [-0.4, -0.2) is 52.0 Å². The monoisotopic (exact) mass is 559 g/mol. The molecule has 0 amide bonds. The maximum Gasteiger partial charge on any atom is 0.333 e. The summed E-state index contributed by atoms with van der Waals surface area (Å²) in [4.78, 5) is 21.4. The van der Waals surface area contributed by atoms with Crippen LogP contribution in [0.4, 0.5) is 11.4 Å². The van der Waals surface area contributed by atoms with Gasteiger partial charge in [-0.2, -0.15) is 0 Å². The Morgan fingerprint density at radius 2 is 1.29 bits per heavy atom. The lowest BCUT2D eigenvalue weighted by molar-refractivity contribution is -0.145. The number of nitrogens with zero attached hydrogens (tertiary/aromatic N) is 3. The van der Waals surface area contributed by atoms with Gasteiger partial charge in [0, 0.05) is 50.7 Å². The van der Waals surface area contributed by atoms with Crippen LogP contribution in [-0.2, 0) is 9.53 Å². The Labute approximate surface area is 250 Å². The first kappa shape index (κ1) is 29.1. The summed E-state index contributed by atoms with van der Waals surface area (Å²) in [5, 5.41) is 0. The van der Waals surface area contributed by atoms with Crippen molar-refractivity contribution in [2.75, 3.05) is 38.0 Å². The Hall–Kier alpha value is -4.38. The molecule has 0 aliphatic heterocycles. The van der Waals surface area contributed by atoms with Crippen molar-refractivity contribution in [1.29, 1.82) is 0 Å². The van der Waals surface area contributed by atoms with E-state index in [1.54, 1.807) is 6.92 Å². The van der Waals surface area contributed by atoms with Crippen LogP contribution in [0.3, 0.4) is 0 Å². The van der Waals surface area contributed by atoms with E-state index in [0.29, 0.717) is 5.57 Å². The molecule has 2 aliphatic rings. The lowest BCUT2D eigenvalue weighted by Gasteiger charge is -2.27. The van der Waals surface area contributed by atoms with Gasteiger partial charge in [0.2, 0.25) is 0 Å². The number of anilines is 2. The molecule has 5 rings (SSSR count). The third-order valence-corrected chi connectivity index (χ3v) is 8.10. The molecule has 2 aliphatic carbocycles. The molecule has 1 fully saturated rings. The summed E-state index contributed by atoms with van der Waals surface area (Å²) in [6.45, 7) is 5.39. The quantitative estimate of drug-likeness (QED) is 0.221. The van der Waals surface area contributed by atoms with Crippen molar-refractivity contribution in [1.82, 2.24) is 0 Å². The fourth-order valence-electron chi connectivity index (χ4n) is 5.68. The number of benzene rings is 3. The third-order valence-electron chi connectivity index (χ3n) is 8.10. The van der Waals surface area contributed by atoms with Crippen LogP contribution >= 0.6 is 0 Å². The van der Waals surface area contributed by atoms with Gasteiger partial charge in [0.1, 0.15) is 6.10 Å². The van der Waals surface area contributed by atoms with Crippen LogP contribution < -0.4 is 9.80 Å². The molecule has 0 saturated heterocycles. The number of carbonyl (C=O) groups excluding carboxylic acids is 1. The standard InChI is InChI=1S/C37H41N3O2/c1-25(2)37(41)42-31-21-15-28(16-22-31)38-35-24-23-34(32-9-7-8-10-33(32)35)36(26-11-17-29(18-12-26)39(3)4)27-13-19-30(20-14-27)40(5)6/h7-14,17-20,23-24,28,31H,1,15-16,21-22H2,2-6H3. The average Bonchev–Trinajstić information content (AvgIpc) is 2.99. The molecule has 0 aromatic heterocycles. The van der Waals surface area contributed by atoms with Gasteiger partial charge in [-0.1, -0.05) is 61.2 Å². The minimum absolute atomic E-state index is 0.0466. The zero-order chi connectivity index (χ0) is 29.8. The molecular weight excluding hydrogens is 518 g/mol. The van der Waals surface area contributed by atoms with E-state index in [1.165, 1.54) is 39.2 Å². The van der Waals surface area contributed by atoms with Crippen LogP contribution in [0.5, 0.6) is 0 Å². The van der Waals surface area contributed by atoms with Crippen molar-refractivity contribution in [3.05, 3.63) is 119 Å². The van der Waals surface area contributed by atoms with E-state index in [-0.39, 0.29) is 18.1 Å². The largest absolute Gasteiger partial charge is 0.459 e. The molecule has 0 unspecified atom stereocenters. The lowest BCUT2D eigenvalue weighted by atomic mass is 9.83. The second kappa shape index (κ2) is 12.6. The average molecular weight is 560 g/mol. The van der Waals surface area contributed by atoms with Crippen LogP contribution in [0.15, 0.2) is 102 Å². The van der Waals surface area contributed by atoms with E-state index < -0.39 is 0 Å². The molecular formula is C37H41N3O2. The van der Waals surface area contributed by atoms with Crippen LogP contribution in [0, 0.1) is 0 Å². The van der Waals surface area contributed by atoms with E-state index in [4.69, 9.17) is 9.73 Å². The van der Waals surface area contributed by atoms with E-state index in [9.17, 15) is 4.79 Å². The first-order valence-electron chi connectivity index (χ1n) is 14.7. The predicted octanol–water partition coefficient (Wildman–Crippen LogP) is 7.57. The van der Waals surface area contributed by atoms with Crippen molar-refractivity contribution in [3.63, 3.8) is 0 Å². The smallest absolute Gasteiger partial charge is 0.333 e. The molecule has 1 saturated carbocycles. The maximum atomic E-state index is 12.0. The highest BCUT2D eigenvalue weighted by Crippen LogP contribution is 2.38. The first-order chi connectivity index (χ1) is 20.2. The topological polar surface area (TPSA) is 45.1 Å². The molecule has 0 atom stereocenters. The number of fused-ring (bicyclic) bond motifs is 1. The molecule has 216 valence electrons. The number of ether oxygens (including phenoxy) is 1. The molecule has 5 nitrogen and oxygen atoms in total. The SMILES string of the molecule is C=C(C)C(=O)OC1CCC(N=C2C=CC(=C(c3ccc(N(C)C)cc3)c3ccc(N(C)C)cc3)c3ccccc32)CC1.